The van der Waals surface area contributed by atoms with Gasteiger partial charge in [0.25, 0.3) is 0 Å². The van der Waals surface area contributed by atoms with Gasteiger partial charge in [0.05, 0.1) is 11.1 Å². The number of alkyl halides is 3. The van der Waals surface area contributed by atoms with E-state index in [4.69, 9.17) is 0 Å². The smallest absolute Gasteiger partial charge is 0.344 e. The molecule has 0 bridgehead atoms. The minimum absolute atomic E-state index is 0.250. The molecule has 0 aliphatic carbocycles. The molecule has 0 radical (unpaired) electrons. The van der Waals surface area contributed by atoms with E-state index in [2.05, 4.69) is 49.1 Å². The van der Waals surface area contributed by atoms with Gasteiger partial charge in [-0.15, -0.1) is 0 Å². The maximum absolute atomic E-state index is 13.0. The molecule has 0 aliphatic heterocycles. The summed E-state index contributed by atoms with van der Waals surface area (Å²) in [5, 5.41) is 4.07. The van der Waals surface area contributed by atoms with Crippen molar-refractivity contribution in [2.75, 3.05) is 5.32 Å². The number of rotatable bonds is 6. The molecule has 6 heteroatoms. The molecule has 0 spiro atoms. The zero-order valence-corrected chi connectivity index (χ0v) is 19.4. The summed E-state index contributed by atoms with van der Waals surface area (Å²) in [5.74, 6) is 1.18. The van der Waals surface area contributed by atoms with Gasteiger partial charge in [-0.25, -0.2) is 9.97 Å². The summed E-state index contributed by atoms with van der Waals surface area (Å²) in [7, 11) is 0. The summed E-state index contributed by atoms with van der Waals surface area (Å²) >= 11 is 0. The minimum atomic E-state index is -4.41. The number of allylic oxidation sites excluding steroid dienone is 2. The molecule has 0 amide bonds. The van der Waals surface area contributed by atoms with Crippen LogP contribution in [0.15, 0.2) is 60.3 Å². The summed E-state index contributed by atoms with van der Waals surface area (Å²) < 4.78 is 39.1. The number of nitrogens with one attached hydrogen (secondary N) is 1. The van der Waals surface area contributed by atoms with Crippen molar-refractivity contribution in [1.82, 2.24) is 9.97 Å². The Kier molecular flexibility index (Phi) is 9.24. The first-order chi connectivity index (χ1) is 15.2. The third kappa shape index (κ3) is 7.36. The summed E-state index contributed by atoms with van der Waals surface area (Å²) in [6.07, 6.45) is 1.72. The second kappa shape index (κ2) is 11.7. The van der Waals surface area contributed by atoms with E-state index in [1.54, 1.807) is 6.07 Å². The number of hydrogen-bond acceptors (Lipinski definition) is 3. The number of halogens is 3. The van der Waals surface area contributed by atoms with Gasteiger partial charge >= 0.3 is 6.18 Å². The van der Waals surface area contributed by atoms with Gasteiger partial charge in [0, 0.05) is 16.6 Å². The van der Waals surface area contributed by atoms with Crippen LogP contribution < -0.4 is 5.32 Å². The Hall–Kier alpha value is -2.89. The van der Waals surface area contributed by atoms with Gasteiger partial charge in [-0.05, 0) is 37.1 Å². The molecule has 0 fully saturated rings. The molecule has 2 aromatic carbocycles. The second-order valence-electron chi connectivity index (χ2n) is 8.06. The zero-order valence-electron chi connectivity index (χ0n) is 19.4. The largest absolute Gasteiger partial charge is 0.416 e. The number of para-hydroxylation sites is 1. The van der Waals surface area contributed by atoms with Gasteiger partial charge < -0.3 is 5.32 Å². The first-order valence-corrected chi connectivity index (χ1v) is 11.1. The number of benzene rings is 2. The van der Waals surface area contributed by atoms with Crippen LogP contribution in [0.4, 0.5) is 19.0 Å². The average molecular weight is 444 g/mol. The van der Waals surface area contributed by atoms with E-state index in [9.17, 15) is 13.2 Å². The lowest BCUT2D eigenvalue weighted by Gasteiger charge is -2.13. The summed E-state index contributed by atoms with van der Waals surface area (Å²) in [4.78, 5) is 8.97. The minimum Gasteiger partial charge on any atom is -0.344 e. The third-order valence-electron chi connectivity index (χ3n) is 4.66. The highest BCUT2D eigenvalue weighted by Gasteiger charge is 2.30. The average Bonchev–Trinajstić information content (AvgIpc) is 2.73. The van der Waals surface area contributed by atoms with Crippen molar-refractivity contribution in [2.24, 2.45) is 5.92 Å². The maximum Gasteiger partial charge on any atom is 0.416 e. The Morgan fingerprint density at radius 3 is 2.28 bits per heavy atom. The van der Waals surface area contributed by atoms with E-state index >= 15 is 0 Å². The quantitative estimate of drug-likeness (QED) is 0.415. The standard InChI is InChI=1S/C21H20F3N3.C5H12/c1-13(2)11-14(3)25-20-17-9-4-5-10-18(17)26-19(27-20)15-7-6-8-16(12-15)21(22,23)24;1-3-5-4-2/h4-13H,1-3H3,(H,25,26,27);3-5H2,1-2H3/b14-11+;. The van der Waals surface area contributed by atoms with E-state index in [1.807, 2.05) is 31.2 Å². The number of anilines is 1. The van der Waals surface area contributed by atoms with Crippen molar-refractivity contribution in [1.29, 1.82) is 0 Å². The number of unbranched alkanes of at least 4 members (excludes halogenated alkanes) is 2. The SMILES string of the molecule is C/C(=C\C(C)C)Nc1nc(-c2cccc(C(F)(F)F)c2)nc2ccccc12.CCCCC. The van der Waals surface area contributed by atoms with E-state index in [0.29, 0.717) is 22.8 Å². The van der Waals surface area contributed by atoms with Crippen molar-refractivity contribution in [3.8, 4) is 11.4 Å². The highest BCUT2D eigenvalue weighted by Crippen LogP contribution is 2.32. The van der Waals surface area contributed by atoms with Crippen LogP contribution in [0.25, 0.3) is 22.3 Å². The van der Waals surface area contributed by atoms with Gasteiger partial charge in [-0.2, -0.15) is 13.2 Å². The lowest BCUT2D eigenvalue weighted by molar-refractivity contribution is -0.137. The van der Waals surface area contributed by atoms with E-state index in [-0.39, 0.29) is 5.82 Å². The molecule has 0 saturated heterocycles. The van der Waals surface area contributed by atoms with Crippen LogP contribution >= 0.6 is 0 Å². The van der Waals surface area contributed by atoms with Gasteiger partial charge in [0.15, 0.2) is 5.82 Å². The fraction of sp³-hybridized carbons (Fsp3) is 0.385. The summed E-state index contributed by atoms with van der Waals surface area (Å²) in [5.41, 5.74) is 1.19. The number of aromatic nitrogens is 2. The van der Waals surface area contributed by atoms with E-state index in [0.717, 1.165) is 23.2 Å². The number of fused-ring (bicyclic) bond motifs is 1. The van der Waals surface area contributed by atoms with Gasteiger partial charge in [-0.1, -0.05) is 77.3 Å². The van der Waals surface area contributed by atoms with Crippen LogP contribution in [0.3, 0.4) is 0 Å². The number of hydrogen-bond donors (Lipinski definition) is 1. The zero-order chi connectivity index (χ0) is 23.7. The van der Waals surface area contributed by atoms with Crippen LogP contribution in [-0.2, 0) is 6.18 Å². The maximum atomic E-state index is 13.0. The van der Waals surface area contributed by atoms with Crippen molar-refractivity contribution in [2.45, 2.75) is 60.1 Å². The van der Waals surface area contributed by atoms with Gasteiger partial charge in [0.1, 0.15) is 5.82 Å². The normalized spacial score (nSPS) is 12.0. The molecule has 3 rings (SSSR count). The molecular weight excluding hydrogens is 411 g/mol. The molecule has 3 nitrogen and oxygen atoms in total. The Balaban J connectivity index is 0.000000654. The molecule has 0 aliphatic rings. The molecule has 0 saturated carbocycles. The highest BCUT2D eigenvalue weighted by atomic mass is 19.4. The molecule has 0 atom stereocenters. The fourth-order valence-corrected chi connectivity index (χ4v) is 3.22. The highest BCUT2D eigenvalue weighted by molar-refractivity contribution is 5.91. The van der Waals surface area contributed by atoms with Gasteiger partial charge in [-0.3, -0.25) is 0 Å². The van der Waals surface area contributed by atoms with Crippen molar-refractivity contribution in [3.05, 3.63) is 65.9 Å². The topological polar surface area (TPSA) is 37.8 Å². The molecule has 0 unspecified atom stereocenters. The number of nitrogens with zero attached hydrogens (tertiary/aromatic N) is 2. The predicted octanol–water partition coefficient (Wildman–Crippen LogP) is 8.48. The molecule has 3 aromatic rings. The Bertz CT molecular complexity index is 1040. The summed E-state index contributed by atoms with van der Waals surface area (Å²) in [6, 6.07) is 12.5. The first-order valence-electron chi connectivity index (χ1n) is 11.1. The molecule has 32 heavy (non-hydrogen) atoms. The van der Waals surface area contributed by atoms with Crippen LogP contribution in [0.5, 0.6) is 0 Å². The lowest BCUT2D eigenvalue weighted by Crippen LogP contribution is -2.06. The van der Waals surface area contributed by atoms with Crippen LogP contribution in [0.2, 0.25) is 0 Å². The molecule has 172 valence electrons. The Morgan fingerprint density at radius 1 is 1.00 bits per heavy atom. The van der Waals surface area contributed by atoms with Gasteiger partial charge in [0.2, 0.25) is 0 Å². The summed E-state index contributed by atoms with van der Waals surface area (Å²) in [6.45, 7) is 10.5. The third-order valence-corrected chi connectivity index (χ3v) is 4.66. The molecule has 1 aromatic heterocycles. The first kappa shape index (κ1) is 25.4. The van der Waals surface area contributed by atoms with Crippen LogP contribution in [0, 0.1) is 5.92 Å². The van der Waals surface area contributed by atoms with Crippen molar-refractivity contribution in [3.63, 3.8) is 0 Å². The van der Waals surface area contributed by atoms with Crippen LogP contribution in [-0.4, -0.2) is 9.97 Å². The molecule has 1 heterocycles. The van der Waals surface area contributed by atoms with E-state index < -0.39 is 11.7 Å². The monoisotopic (exact) mass is 443 g/mol. The Morgan fingerprint density at radius 2 is 1.69 bits per heavy atom. The van der Waals surface area contributed by atoms with Crippen molar-refractivity contribution >= 4 is 16.7 Å². The van der Waals surface area contributed by atoms with Crippen molar-refractivity contribution < 1.29 is 13.2 Å². The fourth-order valence-electron chi connectivity index (χ4n) is 3.22. The lowest BCUT2D eigenvalue weighted by atomic mass is 10.1. The molecule has 1 N–H and O–H groups in total. The Labute approximate surface area is 188 Å². The predicted molar refractivity (Wildman–Crippen MR) is 127 cm³/mol. The molecular formula is C26H32F3N3. The van der Waals surface area contributed by atoms with Crippen LogP contribution in [0.1, 0.15) is 59.4 Å². The van der Waals surface area contributed by atoms with E-state index in [1.165, 1.54) is 25.3 Å². The second-order valence-corrected chi connectivity index (χ2v) is 8.06.